The summed E-state index contributed by atoms with van der Waals surface area (Å²) in [7, 11) is 3.60. The highest BCUT2D eigenvalue weighted by Gasteiger charge is 2.47. The summed E-state index contributed by atoms with van der Waals surface area (Å²) in [5, 5.41) is 4.55. The van der Waals surface area contributed by atoms with Crippen molar-refractivity contribution in [3.05, 3.63) is 79.2 Å². The molecule has 2 aliphatic heterocycles. The van der Waals surface area contributed by atoms with Gasteiger partial charge in [0, 0.05) is 33.6 Å². The van der Waals surface area contributed by atoms with Crippen molar-refractivity contribution in [2.24, 2.45) is 0 Å². The van der Waals surface area contributed by atoms with Crippen LogP contribution in [0.3, 0.4) is 0 Å². The van der Waals surface area contributed by atoms with Crippen molar-refractivity contribution in [3.8, 4) is 19.5 Å². The number of thiophene rings is 4. The molecule has 6 rings (SSSR count). The molecule has 8 heteroatoms. The molecule has 44 heavy (non-hydrogen) atoms. The lowest BCUT2D eigenvalue weighted by Gasteiger charge is -2.18. The molecule has 0 bridgehead atoms. The average molecular weight is 661 g/mol. The fraction of sp³-hybridized carbons (Fsp3) is 0.389. The van der Waals surface area contributed by atoms with Gasteiger partial charge in [0.05, 0.1) is 32.3 Å². The van der Waals surface area contributed by atoms with E-state index in [9.17, 15) is 9.59 Å². The van der Waals surface area contributed by atoms with Gasteiger partial charge in [-0.1, -0.05) is 52.4 Å². The van der Waals surface area contributed by atoms with Crippen LogP contribution in [0.2, 0.25) is 0 Å². The second kappa shape index (κ2) is 13.7. The highest BCUT2D eigenvalue weighted by atomic mass is 32.1. The van der Waals surface area contributed by atoms with Crippen molar-refractivity contribution in [3.63, 3.8) is 0 Å². The highest BCUT2D eigenvalue weighted by Crippen LogP contribution is 2.49. The number of hydrogen-bond donors (Lipinski definition) is 0. The van der Waals surface area contributed by atoms with E-state index in [1.54, 1.807) is 69.2 Å². The zero-order chi connectivity index (χ0) is 30.8. The first-order valence-electron chi connectivity index (χ1n) is 15.8. The van der Waals surface area contributed by atoms with Crippen molar-refractivity contribution in [2.75, 3.05) is 14.1 Å². The van der Waals surface area contributed by atoms with E-state index in [1.807, 2.05) is 0 Å². The Bertz CT molecular complexity index is 1600. The minimum Gasteiger partial charge on any atom is -0.309 e. The van der Waals surface area contributed by atoms with Gasteiger partial charge in [0.15, 0.2) is 0 Å². The molecule has 2 aliphatic rings. The summed E-state index contributed by atoms with van der Waals surface area (Å²) in [6.07, 6.45) is 12.4. The molecule has 0 fully saturated rings. The van der Waals surface area contributed by atoms with Crippen molar-refractivity contribution in [1.29, 1.82) is 0 Å². The summed E-state index contributed by atoms with van der Waals surface area (Å²) in [6, 6.07) is 13.0. The van der Waals surface area contributed by atoms with Gasteiger partial charge in [-0.2, -0.15) is 0 Å². The minimum atomic E-state index is -0.108. The van der Waals surface area contributed by atoms with E-state index in [4.69, 9.17) is 0 Å². The van der Waals surface area contributed by atoms with E-state index in [2.05, 4.69) is 61.0 Å². The van der Waals surface area contributed by atoms with Gasteiger partial charge < -0.3 is 9.80 Å². The van der Waals surface area contributed by atoms with E-state index in [0.717, 1.165) is 34.0 Å². The summed E-state index contributed by atoms with van der Waals surface area (Å²) < 4.78 is 0. The summed E-state index contributed by atoms with van der Waals surface area (Å²) in [4.78, 5) is 37.6. The van der Waals surface area contributed by atoms with Gasteiger partial charge in [-0.05, 0) is 84.0 Å². The van der Waals surface area contributed by atoms with Crippen LogP contribution in [0.5, 0.6) is 0 Å². The third-order valence-corrected chi connectivity index (χ3v) is 13.1. The van der Waals surface area contributed by atoms with Crippen LogP contribution in [-0.2, 0) is 22.4 Å². The van der Waals surface area contributed by atoms with Crippen LogP contribution >= 0.6 is 45.3 Å². The van der Waals surface area contributed by atoms with E-state index in [1.165, 1.54) is 82.0 Å². The number of rotatable bonds is 14. The van der Waals surface area contributed by atoms with Gasteiger partial charge in [0.25, 0.3) is 11.8 Å². The molecule has 0 aliphatic carbocycles. The second-order valence-electron chi connectivity index (χ2n) is 11.8. The predicted octanol–water partition coefficient (Wildman–Crippen LogP) is 10.6. The molecule has 4 nitrogen and oxygen atoms in total. The highest BCUT2D eigenvalue weighted by molar-refractivity contribution is 7.22. The molecule has 0 radical (unpaired) electrons. The minimum absolute atomic E-state index is 0.108. The van der Waals surface area contributed by atoms with Crippen LogP contribution in [0, 0.1) is 0 Å². The third-order valence-electron chi connectivity index (χ3n) is 8.54. The molecule has 0 spiro atoms. The number of fused-ring (bicyclic) bond motifs is 1. The van der Waals surface area contributed by atoms with Crippen LogP contribution < -0.4 is 0 Å². The molecule has 4 aromatic rings. The standard InChI is InChI=1S/C36H40N2O2S4/c1-5-7-9-11-13-23-19-29(41-21-23)25-15-17-27(43-25)33-31-32(36(40)37(33)3)34(38(4)35(31)39)28-18-16-26(44-28)30-20-24(22-42-30)14-12-10-8-6-2/h15-22H,5-14H2,1-4H3. The third kappa shape index (κ3) is 6.06. The monoisotopic (exact) mass is 660 g/mol. The Balaban J connectivity index is 1.26. The number of likely N-dealkylation sites (N-methyl/N-ethyl adjacent to an activating group) is 2. The SMILES string of the molecule is CCCCCCc1csc(-c2ccc(C3=C4C(=O)N(C)C(c5ccc(-c6cc(CCCCCC)cs6)s5)=C4C(=O)N3C)s2)c1. The lowest BCUT2D eigenvalue weighted by Crippen LogP contribution is -2.24. The van der Waals surface area contributed by atoms with E-state index < -0.39 is 0 Å². The first-order valence-corrected chi connectivity index (χ1v) is 19.2. The zero-order valence-electron chi connectivity index (χ0n) is 26.0. The Morgan fingerprint density at radius 2 is 0.955 bits per heavy atom. The molecule has 0 saturated heterocycles. The van der Waals surface area contributed by atoms with Gasteiger partial charge in [0.1, 0.15) is 0 Å². The van der Waals surface area contributed by atoms with Crippen LogP contribution in [0.25, 0.3) is 30.9 Å². The molecule has 2 amide bonds. The van der Waals surface area contributed by atoms with Crippen LogP contribution in [-0.4, -0.2) is 35.7 Å². The topological polar surface area (TPSA) is 40.6 Å². The molecule has 0 aromatic carbocycles. The molecule has 6 heterocycles. The first kappa shape index (κ1) is 31.2. The Labute approximate surface area is 277 Å². The maximum Gasteiger partial charge on any atom is 0.261 e. The van der Waals surface area contributed by atoms with Gasteiger partial charge in [-0.3, -0.25) is 9.59 Å². The summed E-state index contributed by atoms with van der Waals surface area (Å²) in [5.74, 6) is -0.216. The van der Waals surface area contributed by atoms with Gasteiger partial charge >= 0.3 is 0 Å². The first-order chi connectivity index (χ1) is 21.4. The largest absolute Gasteiger partial charge is 0.309 e. The van der Waals surface area contributed by atoms with E-state index in [-0.39, 0.29) is 11.8 Å². The number of amides is 2. The molecule has 230 valence electrons. The van der Waals surface area contributed by atoms with Gasteiger partial charge in [0.2, 0.25) is 0 Å². The summed E-state index contributed by atoms with van der Waals surface area (Å²) >= 11 is 6.89. The van der Waals surface area contributed by atoms with Crippen LogP contribution in [0.4, 0.5) is 0 Å². The number of hydrogen-bond acceptors (Lipinski definition) is 6. The van der Waals surface area contributed by atoms with Crippen LogP contribution in [0.1, 0.15) is 86.1 Å². The Morgan fingerprint density at radius 1 is 0.545 bits per heavy atom. The smallest absolute Gasteiger partial charge is 0.261 e. The van der Waals surface area contributed by atoms with Crippen molar-refractivity contribution in [1.82, 2.24) is 9.80 Å². The van der Waals surface area contributed by atoms with Gasteiger partial charge in [-0.25, -0.2) is 0 Å². The second-order valence-corrected chi connectivity index (χ2v) is 15.8. The normalized spacial score (nSPS) is 15.1. The summed E-state index contributed by atoms with van der Waals surface area (Å²) in [5.41, 5.74) is 5.32. The predicted molar refractivity (Wildman–Crippen MR) is 190 cm³/mol. The molecule has 0 atom stereocenters. The molecule has 4 aromatic heterocycles. The van der Waals surface area contributed by atoms with Gasteiger partial charge in [-0.15, -0.1) is 45.3 Å². The maximum absolute atomic E-state index is 13.8. The number of nitrogens with zero attached hydrogens (tertiary/aromatic N) is 2. The fourth-order valence-corrected chi connectivity index (χ4v) is 10.4. The van der Waals surface area contributed by atoms with Crippen molar-refractivity contribution in [2.45, 2.75) is 78.1 Å². The lowest BCUT2D eigenvalue weighted by molar-refractivity contribution is -0.123. The van der Waals surface area contributed by atoms with E-state index in [0.29, 0.717) is 11.1 Å². The van der Waals surface area contributed by atoms with Crippen molar-refractivity contribution >= 4 is 68.6 Å². The van der Waals surface area contributed by atoms with Crippen LogP contribution in [0.15, 0.2) is 58.3 Å². The van der Waals surface area contributed by atoms with E-state index >= 15 is 0 Å². The Morgan fingerprint density at radius 3 is 1.36 bits per heavy atom. The molecule has 0 saturated carbocycles. The summed E-state index contributed by atoms with van der Waals surface area (Å²) in [6.45, 7) is 4.49. The van der Waals surface area contributed by atoms with Crippen molar-refractivity contribution < 1.29 is 9.59 Å². The number of carbonyl (C=O) groups is 2. The molecule has 0 N–H and O–H groups in total. The Hall–Kier alpha value is -2.78. The molecule has 0 unspecified atom stereocenters. The lowest BCUT2D eigenvalue weighted by atomic mass is 10.1. The maximum atomic E-state index is 13.8. The average Bonchev–Trinajstić information content (AvgIpc) is 3.86. The zero-order valence-corrected chi connectivity index (χ0v) is 29.3. The fourth-order valence-electron chi connectivity index (χ4n) is 6.08. The quantitative estimate of drug-likeness (QED) is 0.126. The Kier molecular flexibility index (Phi) is 9.71. The molecular weight excluding hydrogens is 621 g/mol. The number of unbranched alkanes of at least 4 members (excludes halogenated alkanes) is 6. The molecular formula is C36H40N2O2S4. The number of carbonyl (C=O) groups excluding carboxylic acids is 2. The number of aryl methyl sites for hydroxylation is 2.